The molecule has 0 radical (unpaired) electrons. The molecule has 0 bridgehead atoms. The van der Waals surface area contributed by atoms with Gasteiger partial charge in [-0.3, -0.25) is 4.99 Å². The molecule has 0 amide bonds. The molecule has 1 aliphatic rings. The van der Waals surface area contributed by atoms with Gasteiger partial charge in [0.2, 0.25) is 0 Å². The summed E-state index contributed by atoms with van der Waals surface area (Å²) in [5.74, 6) is 2.39. The summed E-state index contributed by atoms with van der Waals surface area (Å²) in [5, 5.41) is 6.78. The smallest absolute Gasteiger partial charge is 0.191 e. The summed E-state index contributed by atoms with van der Waals surface area (Å²) >= 11 is 0. The van der Waals surface area contributed by atoms with E-state index in [9.17, 15) is 0 Å². The van der Waals surface area contributed by atoms with Crippen LogP contribution in [0, 0.1) is 0 Å². The monoisotopic (exact) mass is 440 g/mol. The maximum Gasteiger partial charge on any atom is 0.191 e. The molecule has 1 saturated heterocycles. The summed E-state index contributed by atoms with van der Waals surface area (Å²) in [5.41, 5.74) is 3.66. The molecule has 2 aromatic carbocycles. The minimum absolute atomic E-state index is 0.617. The third-order valence-corrected chi connectivity index (χ3v) is 5.31. The molecular weight excluding hydrogens is 404 g/mol. The second-order valence-electron chi connectivity index (χ2n) is 7.52. The lowest BCUT2D eigenvalue weighted by Gasteiger charge is -2.28. The number of morpholine rings is 1. The first-order valence-electron chi connectivity index (χ1n) is 11.5. The van der Waals surface area contributed by atoms with Gasteiger partial charge < -0.3 is 29.7 Å². The van der Waals surface area contributed by atoms with E-state index in [2.05, 4.69) is 56.9 Å². The van der Waals surface area contributed by atoms with Crippen LogP contribution in [0.1, 0.15) is 25.0 Å². The molecule has 1 aliphatic heterocycles. The van der Waals surface area contributed by atoms with E-state index < -0.39 is 0 Å². The van der Waals surface area contributed by atoms with Crippen LogP contribution in [-0.4, -0.2) is 59.1 Å². The topological polar surface area (TPSA) is 67.4 Å². The molecule has 2 N–H and O–H groups in total. The van der Waals surface area contributed by atoms with Crippen LogP contribution in [0.15, 0.2) is 47.5 Å². The van der Waals surface area contributed by atoms with Gasteiger partial charge >= 0.3 is 0 Å². The van der Waals surface area contributed by atoms with Gasteiger partial charge in [0, 0.05) is 38.9 Å². The number of guanidine groups is 1. The van der Waals surface area contributed by atoms with Gasteiger partial charge in [0.15, 0.2) is 17.5 Å². The molecule has 0 saturated carbocycles. The molecule has 32 heavy (non-hydrogen) atoms. The number of aliphatic imine (C=N–C) groups is 1. The first-order chi connectivity index (χ1) is 15.7. The molecule has 0 aliphatic carbocycles. The third kappa shape index (κ3) is 7.05. The van der Waals surface area contributed by atoms with Crippen molar-refractivity contribution in [2.45, 2.75) is 26.8 Å². The number of anilines is 1. The molecule has 2 aromatic rings. The standard InChI is InChI=1S/C25H36N4O3/c1-4-31-23-11-8-20(18-24(23)32-5-2)12-13-27-25(26-3)28-19-21-6-9-22(10-7-21)29-14-16-30-17-15-29/h6-11,18H,4-5,12-17,19H2,1-3H3,(H2,26,27,28). The van der Waals surface area contributed by atoms with E-state index in [1.54, 1.807) is 7.05 Å². The zero-order chi connectivity index (χ0) is 22.6. The van der Waals surface area contributed by atoms with Crippen LogP contribution >= 0.6 is 0 Å². The summed E-state index contributed by atoms with van der Waals surface area (Å²) in [6.07, 6.45) is 0.863. The minimum atomic E-state index is 0.617. The Morgan fingerprint density at radius 3 is 2.31 bits per heavy atom. The van der Waals surface area contributed by atoms with Crippen LogP contribution < -0.4 is 25.0 Å². The number of ether oxygens (including phenoxy) is 3. The number of nitrogens with zero attached hydrogens (tertiary/aromatic N) is 2. The van der Waals surface area contributed by atoms with E-state index in [0.717, 1.165) is 63.3 Å². The van der Waals surface area contributed by atoms with Crippen molar-refractivity contribution in [1.29, 1.82) is 0 Å². The van der Waals surface area contributed by atoms with E-state index >= 15 is 0 Å². The number of rotatable bonds is 10. The first kappa shape index (κ1) is 23.7. The van der Waals surface area contributed by atoms with Gasteiger partial charge in [-0.05, 0) is 55.7 Å². The average Bonchev–Trinajstić information content (AvgIpc) is 2.84. The van der Waals surface area contributed by atoms with E-state index in [4.69, 9.17) is 14.2 Å². The second-order valence-corrected chi connectivity index (χ2v) is 7.52. The van der Waals surface area contributed by atoms with Crippen molar-refractivity contribution < 1.29 is 14.2 Å². The molecule has 1 heterocycles. The Bertz CT molecular complexity index is 849. The molecular formula is C25H36N4O3. The average molecular weight is 441 g/mol. The minimum Gasteiger partial charge on any atom is -0.490 e. The Hall–Kier alpha value is -2.93. The van der Waals surface area contributed by atoms with Crippen LogP contribution in [0.25, 0.3) is 0 Å². The molecule has 174 valence electrons. The summed E-state index contributed by atoms with van der Waals surface area (Å²) in [6.45, 7) is 10.2. The zero-order valence-electron chi connectivity index (χ0n) is 19.5. The lowest BCUT2D eigenvalue weighted by atomic mass is 10.1. The van der Waals surface area contributed by atoms with Crippen LogP contribution in [0.3, 0.4) is 0 Å². The second kappa shape index (κ2) is 12.8. The van der Waals surface area contributed by atoms with Crippen molar-refractivity contribution in [2.75, 3.05) is 58.0 Å². The number of hydrogen-bond acceptors (Lipinski definition) is 5. The Morgan fingerprint density at radius 2 is 1.62 bits per heavy atom. The summed E-state index contributed by atoms with van der Waals surface area (Å²) in [7, 11) is 1.79. The molecule has 0 aromatic heterocycles. The Labute approximate surface area is 191 Å². The maximum atomic E-state index is 5.72. The fourth-order valence-corrected chi connectivity index (χ4v) is 3.63. The van der Waals surface area contributed by atoms with Crippen LogP contribution in [-0.2, 0) is 17.7 Å². The van der Waals surface area contributed by atoms with Crippen molar-refractivity contribution in [3.63, 3.8) is 0 Å². The van der Waals surface area contributed by atoms with E-state index in [1.807, 2.05) is 19.9 Å². The highest BCUT2D eigenvalue weighted by Crippen LogP contribution is 2.28. The lowest BCUT2D eigenvalue weighted by molar-refractivity contribution is 0.122. The highest BCUT2D eigenvalue weighted by Gasteiger charge is 2.11. The predicted octanol–water partition coefficient (Wildman–Crippen LogP) is 3.23. The van der Waals surface area contributed by atoms with Crippen molar-refractivity contribution in [2.24, 2.45) is 4.99 Å². The summed E-state index contributed by atoms with van der Waals surface area (Å²) in [4.78, 5) is 6.70. The number of nitrogens with one attached hydrogen (secondary N) is 2. The van der Waals surface area contributed by atoms with Crippen molar-refractivity contribution in [3.05, 3.63) is 53.6 Å². The normalized spacial score (nSPS) is 14.2. The fraction of sp³-hybridized carbons (Fsp3) is 0.480. The molecule has 0 atom stereocenters. The van der Waals surface area contributed by atoms with Crippen molar-refractivity contribution in [1.82, 2.24) is 10.6 Å². The quantitative estimate of drug-likeness (QED) is 0.437. The van der Waals surface area contributed by atoms with Crippen molar-refractivity contribution >= 4 is 11.6 Å². The van der Waals surface area contributed by atoms with E-state index in [0.29, 0.717) is 13.2 Å². The lowest BCUT2D eigenvalue weighted by Crippen LogP contribution is -2.38. The SMILES string of the molecule is CCOc1ccc(CCNC(=NC)NCc2ccc(N3CCOCC3)cc2)cc1OCC. The van der Waals surface area contributed by atoms with Gasteiger partial charge in [-0.15, -0.1) is 0 Å². The van der Waals surface area contributed by atoms with Crippen LogP contribution in [0.4, 0.5) is 5.69 Å². The fourth-order valence-electron chi connectivity index (χ4n) is 3.63. The highest BCUT2D eigenvalue weighted by molar-refractivity contribution is 5.79. The first-order valence-corrected chi connectivity index (χ1v) is 11.5. The van der Waals surface area contributed by atoms with Gasteiger partial charge in [0.1, 0.15) is 0 Å². The molecule has 1 fully saturated rings. The van der Waals surface area contributed by atoms with Crippen LogP contribution in [0.2, 0.25) is 0 Å². The Balaban J connectivity index is 1.45. The van der Waals surface area contributed by atoms with Gasteiger partial charge in [0.05, 0.1) is 26.4 Å². The third-order valence-electron chi connectivity index (χ3n) is 5.31. The summed E-state index contributed by atoms with van der Waals surface area (Å²) in [6, 6.07) is 14.8. The maximum absolute atomic E-state index is 5.72. The molecule has 0 spiro atoms. The van der Waals surface area contributed by atoms with Crippen LogP contribution in [0.5, 0.6) is 11.5 Å². The molecule has 3 rings (SSSR count). The van der Waals surface area contributed by atoms with E-state index in [-0.39, 0.29) is 0 Å². The number of hydrogen-bond donors (Lipinski definition) is 2. The molecule has 7 nitrogen and oxygen atoms in total. The van der Waals surface area contributed by atoms with Gasteiger partial charge in [0.25, 0.3) is 0 Å². The Kier molecular flexibility index (Phi) is 9.50. The zero-order valence-corrected chi connectivity index (χ0v) is 19.5. The van der Waals surface area contributed by atoms with E-state index in [1.165, 1.54) is 16.8 Å². The molecule has 0 unspecified atom stereocenters. The largest absolute Gasteiger partial charge is 0.490 e. The summed E-state index contributed by atoms with van der Waals surface area (Å²) < 4.78 is 16.8. The van der Waals surface area contributed by atoms with Gasteiger partial charge in [-0.25, -0.2) is 0 Å². The highest BCUT2D eigenvalue weighted by atomic mass is 16.5. The predicted molar refractivity (Wildman–Crippen MR) is 130 cm³/mol. The Morgan fingerprint density at radius 1 is 0.938 bits per heavy atom. The van der Waals surface area contributed by atoms with Gasteiger partial charge in [-0.2, -0.15) is 0 Å². The number of benzene rings is 2. The van der Waals surface area contributed by atoms with Gasteiger partial charge in [-0.1, -0.05) is 18.2 Å². The van der Waals surface area contributed by atoms with Crippen molar-refractivity contribution in [3.8, 4) is 11.5 Å². The molecule has 7 heteroatoms.